The van der Waals surface area contributed by atoms with Crippen LogP contribution in [0.25, 0.3) is 0 Å². The molecule has 3 aromatic carbocycles. The number of nitrogens with zero attached hydrogens (tertiary/aromatic N) is 1. The number of carboxylic acid groups (broad SMARTS) is 1. The van der Waals surface area contributed by atoms with Crippen molar-refractivity contribution in [3.63, 3.8) is 0 Å². The van der Waals surface area contributed by atoms with Gasteiger partial charge in [-0.1, -0.05) is 54.6 Å². The number of hydrogen-bond donors (Lipinski definition) is 2. The third-order valence-corrected chi connectivity index (χ3v) is 8.23. The Labute approximate surface area is 259 Å². The second-order valence-electron chi connectivity index (χ2n) is 10.8. The fourth-order valence-electron chi connectivity index (χ4n) is 5.96. The van der Waals surface area contributed by atoms with E-state index in [9.17, 15) is 19.5 Å². The number of aromatic nitrogens is 2. The summed E-state index contributed by atoms with van der Waals surface area (Å²) < 4.78 is 31.2. The quantitative estimate of drug-likeness (QED) is 0.227. The summed E-state index contributed by atoms with van der Waals surface area (Å²) in [5.74, 6) is -0.412. The highest BCUT2D eigenvalue weighted by Crippen LogP contribution is 2.44. The van der Waals surface area contributed by atoms with Gasteiger partial charge in [-0.15, -0.1) is 0 Å². The third-order valence-electron chi connectivity index (χ3n) is 8.23. The van der Waals surface area contributed by atoms with Crippen LogP contribution in [0.2, 0.25) is 0 Å². The summed E-state index contributed by atoms with van der Waals surface area (Å²) in [6, 6.07) is 24.7. The molecule has 11 heteroatoms. The van der Waals surface area contributed by atoms with Crippen LogP contribution in [-0.4, -0.2) is 60.8 Å². The topological polar surface area (TPSA) is 138 Å². The Balaban J connectivity index is 1.62. The minimum atomic E-state index is -1.18. The lowest BCUT2D eigenvalue weighted by Crippen LogP contribution is -2.39. The summed E-state index contributed by atoms with van der Waals surface area (Å²) in [7, 11) is 4.63. The lowest BCUT2D eigenvalue weighted by Gasteiger charge is -2.37. The molecule has 0 aliphatic carbocycles. The van der Waals surface area contributed by atoms with Gasteiger partial charge in [-0.05, 0) is 47.9 Å². The minimum Gasteiger partial charge on any atom is -0.497 e. The minimum absolute atomic E-state index is 0.0711. The number of carbonyl (C=O) groups is 1. The molecular formula is C34H36N2O9. The highest BCUT2D eigenvalue weighted by molar-refractivity contribution is 5.67. The van der Waals surface area contributed by atoms with E-state index in [-0.39, 0.29) is 13.0 Å². The first-order valence-electron chi connectivity index (χ1n) is 14.4. The van der Waals surface area contributed by atoms with Crippen LogP contribution >= 0.6 is 0 Å². The first-order valence-corrected chi connectivity index (χ1v) is 14.4. The van der Waals surface area contributed by atoms with Crippen LogP contribution in [0.4, 0.5) is 0 Å². The van der Waals surface area contributed by atoms with E-state index in [2.05, 4.69) is 4.98 Å². The molecule has 1 saturated heterocycles. The Morgan fingerprint density at radius 2 is 1.44 bits per heavy atom. The summed E-state index contributed by atoms with van der Waals surface area (Å²) in [4.78, 5) is 39.3. The zero-order valence-electron chi connectivity index (χ0n) is 25.5. The average molecular weight is 617 g/mol. The van der Waals surface area contributed by atoms with Crippen LogP contribution in [0.3, 0.4) is 0 Å². The van der Waals surface area contributed by atoms with Crippen LogP contribution in [0.5, 0.6) is 11.5 Å². The Bertz CT molecular complexity index is 1670. The van der Waals surface area contributed by atoms with E-state index in [1.165, 1.54) is 17.9 Å². The van der Waals surface area contributed by atoms with Gasteiger partial charge >= 0.3 is 11.7 Å². The van der Waals surface area contributed by atoms with Gasteiger partial charge in [0.1, 0.15) is 23.2 Å². The van der Waals surface area contributed by atoms with Gasteiger partial charge in [-0.25, -0.2) is 4.79 Å². The molecule has 0 saturated carbocycles. The smallest absolute Gasteiger partial charge is 0.330 e. The molecule has 1 aliphatic heterocycles. The van der Waals surface area contributed by atoms with E-state index in [0.717, 1.165) is 16.7 Å². The predicted molar refractivity (Wildman–Crippen MR) is 165 cm³/mol. The zero-order chi connectivity index (χ0) is 32.1. The van der Waals surface area contributed by atoms with Crippen molar-refractivity contribution in [1.82, 2.24) is 9.55 Å². The van der Waals surface area contributed by atoms with Crippen molar-refractivity contribution in [1.29, 1.82) is 0 Å². The molecule has 45 heavy (non-hydrogen) atoms. The normalized spacial score (nSPS) is 19.7. The van der Waals surface area contributed by atoms with Crippen molar-refractivity contribution in [3.05, 3.63) is 128 Å². The first-order chi connectivity index (χ1) is 21.7. The summed E-state index contributed by atoms with van der Waals surface area (Å²) in [5.41, 5.74) is 0.313. The Morgan fingerprint density at radius 1 is 0.889 bits per heavy atom. The van der Waals surface area contributed by atoms with E-state index < -0.39 is 47.2 Å². The van der Waals surface area contributed by atoms with E-state index >= 15 is 0 Å². The van der Waals surface area contributed by atoms with Gasteiger partial charge in [-0.2, -0.15) is 0 Å². The molecule has 11 nitrogen and oxygen atoms in total. The number of methoxy groups -OCH3 is 3. The van der Waals surface area contributed by atoms with E-state index in [4.69, 9.17) is 23.7 Å². The predicted octanol–water partition coefficient (Wildman–Crippen LogP) is 3.87. The fraction of sp³-hybridized carbons (Fsp3) is 0.324. The van der Waals surface area contributed by atoms with Gasteiger partial charge in [-0.3, -0.25) is 19.1 Å². The lowest BCUT2D eigenvalue weighted by atomic mass is 9.80. The second-order valence-corrected chi connectivity index (χ2v) is 10.8. The zero-order valence-corrected chi connectivity index (χ0v) is 25.5. The maximum absolute atomic E-state index is 12.9. The highest BCUT2D eigenvalue weighted by Gasteiger charge is 2.49. The summed E-state index contributed by atoms with van der Waals surface area (Å²) >= 11 is 0. The van der Waals surface area contributed by atoms with Crippen molar-refractivity contribution in [2.24, 2.45) is 5.92 Å². The van der Waals surface area contributed by atoms with Crippen molar-refractivity contribution < 1.29 is 33.6 Å². The number of benzene rings is 3. The van der Waals surface area contributed by atoms with Gasteiger partial charge in [0.15, 0.2) is 6.23 Å². The summed E-state index contributed by atoms with van der Waals surface area (Å²) in [6.07, 6.45) is -1.56. The van der Waals surface area contributed by atoms with Gasteiger partial charge < -0.3 is 28.8 Å². The standard InChI is InChI=1S/C34H36N2O9/c1-21-19-36(33(40)35-31(21)39)32-30(43-4)27(18-29(37)38)28(45-32)20-44-34(22-8-6-5-7-9-22,23-10-14-25(41-2)15-11-23)24-12-16-26(42-3)17-13-24/h5-17,19,27-28,30,32H,18,20H2,1-4H3,(H,37,38)(H,35,39,40)/t27-,28-,30-,32-/m1/s1. The van der Waals surface area contributed by atoms with Gasteiger partial charge in [0, 0.05) is 24.8 Å². The van der Waals surface area contributed by atoms with Gasteiger partial charge in [0.2, 0.25) is 0 Å². The largest absolute Gasteiger partial charge is 0.497 e. The number of aryl methyl sites for hydroxylation is 1. The van der Waals surface area contributed by atoms with Crippen molar-refractivity contribution >= 4 is 5.97 Å². The van der Waals surface area contributed by atoms with Gasteiger partial charge in [0.05, 0.1) is 33.4 Å². The van der Waals surface area contributed by atoms with E-state index in [1.54, 1.807) is 21.1 Å². The third kappa shape index (κ3) is 6.28. The Kier molecular flexibility index (Phi) is 9.52. The van der Waals surface area contributed by atoms with Crippen LogP contribution in [0.1, 0.15) is 34.9 Å². The molecule has 4 atom stereocenters. The number of nitrogens with one attached hydrogen (secondary N) is 1. The molecule has 2 heterocycles. The molecule has 4 aromatic rings. The second kappa shape index (κ2) is 13.5. The maximum Gasteiger partial charge on any atom is 0.330 e. The molecule has 1 aliphatic rings. The van der Waals surface area contributed by atoms with Gasteiger partial charge in [0.25, 0.3) is 5.56 Å². The molecule has 0 radical (unpaired) electrons. The van der Waals surface area contributed by atoms with Crippen LogP contribution < -0.4 is 20.7 Å². The monoisotopic (exact) mass is 616 g/mol. The van der Waals surface area contributed by atoms with E-state index in [1.807, 2.05) is 78.9 Å². The van der Waals surface area contributed by atoms with Crippen LogP contribution in [-0.2, 0) is 24.6 Å². The number of rotatable bonds is 12. The number of aliphatic carboxylic acids is 1. The number of H-pyrrole nitrogens is 1. The Hall–Kier alpha value is -4.71. The number of aromatic amines is 1. The summed E-state index contributed by atoms with van der Waals surface area (Å²) in [6.45, 7) is 1.50. The van der Waals surface area contributed by atoms with Crippen molar-refractivity contribution in [2.75, 3.05) is 27.9 Å². The molecule has 2 N–H and O–H groups in total. The van der Waals surface area contributed by atoms with Crippen molar-refractivity contribution in [2.45, 2.75) is 37.4 Å². The fourth-order valence-corrected chi connectivity index (χ4v) is 5.96. The SMILES string of the molecule is COc1ccc(C(OC[C@H]2O[C@@H](n3cc(C)c(=O)[nH]c3=O)[C@H](OC)[C@@H]2CC(=O)O)(c2ccccc2)c2ccc(OC)cc2)cc1. The lowest BCUT2D eigenvalue weighted by molar-refractivity contribution is -0.140. The molecule has 0 unspecified atom stereocenters. The number of hydrogen-bond acceptors (Lipinski definition) is 8. The van der Waals surface area contributed by atoms with E-state index in [0.29, 0.717) is 17.1 Å². The Morgan fingerprint density at radius 3 is 1.96 bits per heavy atom. The molecular weight excluding hydrogens is 580 g/mol. The first kappa shape index (κ1) is 31.7. The molecule has 0 bridgehead atoms. The number of carboxylic acids is 1. The number of ether oxygens (including phenoxy) is 5. The molecule has 236 valence electrons. The van der Waals surface area contributed by atoms with Crippen LogP contribution in [0, 0.1) is 12.8 Å². The molecule has 5 rings (SSSR count). The van der Waals surface area contributed by atoms with Crippen LogP contribution in [0.15, 0.2) is 94.6 Å². The van der Waals surface area contributed by atoms with Crippen molar-refractivity contribution in [3.8, 4) is 11.5 Å². The molecule has 0 spiro atoms. The molecule has 0 amide bonds. The maximum atomic E-state index is 12.9. The molecule has 1 aromatic heterocycles. The summed E-state index contributed by atoms with van der Waals surface area (Å²) in [5, 5.41) is 9.87. The molecule has 1 fully saturated rings. The highest BCUT2D eigenvalue weighted by atomic mass is 16.6. The average Bonchev–Trinajstić information content (AvgIpc) is 3.40.